The number of carboxylic acids is 1. The Balaban J connectivity index is 0.000000148. The van der Waals surface area contributed by atoms with E-state index in [-0.39, 0.29) is 36.2 Å². The second-order valence-corrected chi connectivity index (χ2v) is 20.6. The molecule has 2 saturated heterocycles. The lowest BCUT2D eigenvalue weighted by atomic mass is 9.86. The van der Waals surface area contributed by atoms with E-state index in [0.29, 0.717) is 38.4 Å². The van der Waals surface area contributed by atoms with Crippen molar-refractivity contribution in [1.29, 1.82) is 0 Å². The normalized spacial score (nSPS) is 20.9. The van der Waals surface area contributed by atoms with Gasteiger partial charge in [-0.05, 0) is 130 Å². The van der Waals surface area contributed by atoms with E-state index < -0.39 is 5.97 Å². The summed E-state index contributed by atoms with van der Waals surface area (Å²) in [4.78, 5) is 58.1. The SMILES string of the molecule is CC(C)Oc1cc2c(cc1Nc1ncnc3sc4c(c13)CC[C@H](C(=O)N1CC3CC1CO3)C4)C=NC2.CC(C)Oc1cc2c(cc1Nc1ncnc3sc4c(c13)CC[C@H](C(=O)O)C4)C=NC2. The first-order valence-electron chi connectivity index (χ1n) is 22.9. The smallest absolute Gasteiger partial charge is 0.306 e. The molecule has 0 saturated carbocycles. The molecule has 340 valence electrons. The van der Waals surface area contributed by atoms with Gasteiger partial charge in [-0.25, -0.2) is 19.9 Å². The number of anilines is 4. The van der Waals surface area contributed by atoms with Crippen LogP contribution < -0.4 is 20.1 Å². The molecular formula is C49H51N9O6S2. The average Bonchev–Trinajstić information content (AvgIpc) is 4.17. The van der Waals surface area contributed by atoms with Crippen molar-refractivity contribution in [2.24, 2.45) is 21.8 Å². The van der Waals surface area contributed by atoms with Crippen LogP contribution >= 0.6 is 22.7 Å². The third-order valence-corrected chi connectivity index (χ3v) is 15.6. The highest BCUT2D eigenvalue weighted by molar-refractivity contribution is 7.19. The van der Waals surface area contributed by atoms with Gasteiger partial charge in [0.25, 0.3) is 0 Å². The van der Waals surface area contributed by atoms with Crippen LogP contribution in [0.5, 0.6) is 11.5 Å². The van der Waals surface area contributed by atoms with E-state index in [2.05, 4.69) is 63.7 Å². The molecule has 4 aliphatic heterocycles. The fraction of sp³-hybridized carbons (Fsp3) is 0.429. The van der Waals surface area contributed by atoms with Crippen LogP contribution in [0.1, 0.15) is 90.1 Å². The van der Waals surface area contributed by atoms with Gasteiger partial charge in [0.2, 0.25) is 5.91 Å². The first kappa shape index (κ1) is 42.6. The Hall–Kier alpha value is -6.04. The number of carbonyl (C=O) groups excluding carboxylic acids is 1. The molecule has 0 spiro atoms. The fourth-order valence-corrected chi connectivity index (χ4v) is 12.7. The second kappa shape index (κ2) is 17.3. The van der Waals surface area contributed by atoms with Crippen molar-refractivity contribution in [1.82, 2.24) is 24.8 Å². The van der Waals surface area contributed by atoms with E-state index in [4.69, 9.17) is 14.2 Å². The Morgan fingerprint density at radius 1 is 0.758 bits per heavy atom. The maximum Gasteiger partial charge on any atom is 0.306 e. The van der Waals surface area contributed by atoms with Gasteiger partial charge < -0.3 is 34.9 Å². The molecule has 12 rings (SSSR count). The fourth-order valence-electron chi connectivity index (χ4n) is 10.2. The number of carboxylic acid groups (broad SMARTS) is 1. The van der Waals surface area contributed by atoms with Crippen molar-refractivity contribution in [3.8, 4) is 11.5 Å². The minimum Gasteiger partial charge on any atom is -0.489 e. The molecule has 15 nitrogen and oxygen atoms in total. The van der Waals surface area contributed by atoms with Crippen molar-refractivity contribution < 1.29 is 28.9 Å². The van der Waals surface area contributed by atoms with Crippen molar-refractivity contribution in [3.63, 3.8) is 0 Å². The first-order chi connectivity index (χ1) is 32.0. The highest BCUT2D eigenvalue weighted by Crippen LogP contribution is 2.44. The first-order valence-corrected chi connectivity index (χ1v) is 24.5. The Kier molecular flexibility index (Phi) is 11.2. The summed E-state index contributed by atoms with van der Waals surface area (Å²) in [6, 6.07) is 8.55. The number of aromatic nitrogens is 4. The lowest BCUT2D eigenvalue weighted by Crippen LogP contribution is -2.45. The van der Waals surface area contributed by atoms with Crippen LogP contribution in [0.2, 0.25) is 0 Å². The standard InChI is InChI=1S/C27H29N5O3S.C22H22N4O3S/c1-14(2)35-22-6-17-10-28-9-16(17)5-21(22)31-25-24-20-4-3-15(7-23(20)36-26(24)30-13-29-25)27(33)32-11-19-8-18(32)12-34-19;1-11(2)29-17-6-14-9-23-8-13(14)5-16(17)26-20-19-15-4-3-12(22(27)28)7-18(15)30-21(19)25-10-24-20/h5-6,9,13-15,18-19H,3-4,7-8,10-12H2,1-2H3,(H,29,30,31);5-6,8,10-12H,3-4,7,9H2,1-2H3,(H,27,28)(H,24,25,26)/t15-,18?,19?;12-/m00/s1. The van der Waals surface area contributed by atoms with Crippen molar-refractivity contribution in [2.75, 3.05) is 23.8 Å². The highest BCUT2D eigenvalue weighted by Gasteiger charge is 2.44. The molecule has 2 fully saturated rings. The number of aryl methyl sites for hydroxylation is 2. The molecule has 6 aliphatic rings. The van der Waals surface area contributed by atoms with Gasteiger partial charge in [0.15, 0.2) is 0 Å². The Bertz CT molecular complexity index is 2980. The van der Waals surface area contributed by atoms with Gasteiger partial charge >= 0.3 is 5.97 Å². The van der Waals surface area contributed by atoms with Gasteiger partial charge in [-0.1, -0.05) is 0 Å². The van der Waals surface area contributed by atoms with Gasteiger partial charge in [0.05, 0.1) is 72.1 Å². The number of nitrogens with zero attached hydrogens (tertiary/aromatic N) is 7. The van der Waals surface area contributed by atoms with E-state index >= 15 is 0 Å². The minimum absolute atomic E-state index is 0.0383. The number of benzene rings is 2. The van der Waals surface area contributed by atoms with Gasteiger partial charge in [-0.2, -0.15) is 0 Å². The number of ether oxygens (including phenoxy) is 3. The minimum atomic E-state index is -0.724. The van der Waals surface area contributed by atoms with Crippen LogP contribution in [0.15, 0.2) is 46.9 Å². The molecule has 6 aromatic rings. The predicted molar refractivity (Wildman–Crippen MR) is 257 cm³/mol. The van der Waals surface area contributed by atoms with Gasteiger partial charge in [-0.3, -0.25) is 19.6 Å². The van der Waals surface area contributed by atoms with Crippen LogP contribution in [0.4, 0.5) is 23.0 Å². The third-order valence-electron chi connectivity index (χ3n) is 13.3. The van der Waals surface area contributed by atoms with Crippen LogP contribution in [0.25, 0.3) is 20.4 Å². The molecule has 17 heteroatoms. The lowest BCUT2D eigenvalue weighted by molar-refractivity contribution is -0.142. The molecule has 2 aliphatic carbocycles. The summed E-state index contributed by atoms with van der Waals surface area (Å²) in [5, 5.41) is 18.5. The molecule has 66 heavy (non-hydrogen) atoms. The molecule has 4 aromatic heterocycles. The summed E-state index contributed by atoms with van der Waals surface area (Å²) in [7, 11) is 0. The zero-order valence-electron chi connectivity index (χ0n) is 37.3. The van der Waals surface area contributed by atoms with E-state index in [1.165, 1.54) is 21.6 Å². The summed E-state index contributed by atoms with van der Waals surface area (Å²) < 4.78 is 17.9. The van der Waals surface area contributed by atoms with E-state index in [0.717, 1.165) is 115 Å². The number of aliphatic carboxylic acids is 1. The molecule has 4 atom stereocenters. The summed E-state index contributed by atoms with van der Waals surface area (Å²) in [5.74, 6) is 2.39. The van der Waals surface area contributed by atoms with Gasteiger partial charge in [0.1, 0.15) is 45.5 Å². The van der Waals surface area contributed by atoms with Crippen LogP contribution in [0, 0.1) is 11.8 Å². The number of morpholine rings is 1. The number of hydrogen-bond acceptors (Lipinski definition) is 15. The number of hydrogen-bond donors (Lipinski definition) is 3. The molecule has 8 heterocycles. The largest absolute Gasteiger partial charge is 0.489 e. The van der Waals surface area contributed by atoms with E-state index in [1.807, 2.05) is 46.2 Å². The molecule has 3 N–H and O–H groups in total. The van der Waals surface area contributed by atoms with Crippen LogP contribution in [-0.4, -0.2) is 91.8 Å². The second-order valence-electron chi connectivity index (χ2n) is 18.5. The zero-order chi connectivity index (χ0) is 45.2. The summed E-state index contributed by atoms with van der Waals surface area (Å²) in [6.07, 6.45) is 12.7. The van der Waals surface area contributed by atoms with Gasteiger partial charge in [-0.15, -0.1) is 22.7 Å². The number of thiophene rings is 2. The third kappa shape index (κ3) is 8.04. The molecule has 2 unspecified atom stereocenters. The monoisotopic (exact) mass is 925 g/mol. The van der Waals surface area contributed by atoms with Crippen molar-refractivity contribution in [2.45, 2.75) is 110 Å². The Morgan fingerprint density at radius 3 is 1.77 bits per heavy atom. The number of rotatable bonds is 10. The number of aliphatic imine (C=N–C) groups is 2. The lowest BCUT2D eigenvalue weighted by Gasteiger charge is -2.32. The Labute approximate surface area is 389 Å². The summed E-state index contributed by atoms with van der Waals surface area (Å²) >= 11 is 3.27. The molecule has 1 amide bonds. The predicted octanol–water partition coefficient (Wildman–Crippen LogP) is 8.60. The Morgan fingerprint density at radius 2 is 1.29 bits per heavy atom. The van der Waals surface area contributed by atoms with Crippen LogP contribution in [0.3, 0.4) is 0 Å². The number of fused-ring (bicyclic) bond motifs is 10. The van der Waals surface area contributed by atoms with E-state index in [1.54, 1.807) is 35.3 Å². The van der Waals surface area contributed by atoms with Crippen molar-refractivity contribution in [3.05, 3.63) is 80.1 Å². The number of carbonyl (C=O) groups is 2. The quantitative estimate of drug-likeness (QED) is 0.119. The number of amides is 1. The summed E-state index contributed by atoms with van der Waals surface area (Å²) in [6.45, 7) is 10.9. The van der Waals surface area contributed by atoms with Crippen LogP contribution in [-0.2, 0) is 53.1 Å². The number of likely N-dealkylation sites (tertiary alicyclic amines) is 1. The highest BCUT2D eigenvalue weighted by atomic mass is 32.1. The van der Waals surface area contributed by atoms with Gasteiger partial charge in [0, 0.05) is 34.6 Å². The van der Waals surface area contributed by atoms with E-state index in [9.17, 15) is 14.7 Å². The molecule has 2 aromatic carbocycles. The molecular weight excluding hydrogens is 875 g/mol. The average molecular weight is 926 g/mol. The maximum atomic E-state index is 13.4. The van der Waals surface area contributed by atoms with Crippen molar-refractivity contribution >= 4 is 90.4 Å². The molecule has 2 bridgehead atoms. The molecule has 0 radical (unpaired) electrons. The zero-order valence-corrected chi connectivity index (χ0v) is 38.9. The number of nitrogens with one attached hydrogen (secondary N) is 2. The maximum absolute atomic E-state index is 13.4. The summed E-state index contributed by atoms with van der Waals surface area (Å²) in [5.41, 5.74) is 8.68. The topological polar surface area (TPSA) is 186 Å².